The molecule has 0 radical (unpaired) electrons. The number of benzene rings is 1. The molecule has 1 fully saturated rings. The molecule has 1 aromatic carbocycles. The first kappa shape index (κ1) is 27.4. The van der Waals surface area contributed by atoms with Gasteiger partial charge >= 0.3 is 5.69 Å². The van der Waals surface area contributed by atoms with Crippen molar-refractivity contribution in [2.75, 3.05) is 32.8 Å². The molecule has 1 saturated heterocycles. The Morgan fingerprint density at radius 1 is 1.11 bits per heavy atom. The van der Waals surface area contributed by atoms with E-state index >= 15 is 0 Å². The highest BCUT2D eigenvalue weighted by atomic mass is 35.5. The summed E-state index contributed by atoms with van der Waals surface area (Å²) >= 11 is 6.80. The van der Waals surface area contributed by atoms with Crippen LogP contribution in [0.3, 0.4) is 0 Å². The lowest BCUT2D eigenvalue weighted by atomic mass is 10.1. The maximum Gasteiger partial charge on any atom is 0.331 e. The van der Waals surface area contributed by atoms with Crippen LogP contribution < -0.4 is 16.0 Å². The number of aromatic amines is 1. The smallest absolute Gasteiger partial charge is 0.331 e. The predicted molar refractivity (Wildman–Crippen MR) is 145 cm³/mol. The fraction of sp³-hybridized carbons (Fsp3) is 0.520. The van der Waals surface area contributed by atoms with Crippen molar-refractivity contribution < 1.29 is 13.2 Å². The van der Waals surface area contributed by atoms with Gasteiger partial charge in [-0.1, -0.05) is 18.5 Å². The quantitative estimate of drug-likeness (QED) is 0.461. The molecule has 12 heteroatoms. The molecule has 0 amide bonds. The van der Waals surface area contributed by atoms with Crippen LogP contribution in [-0.2, 0) is 23.6 Å². The van der Waals surface area contributed by atoms with Gasteiger partial charge in [-0.2, -0.15) is 4.31 Å². The monoisotopic (exact) mass is 551 g/mol. The van der Waals surface area contributed by atoms with Gasteiger partial charge in [-0.05, 0) is 45.4 Å². The highest BCUT2D eigenvalue weighted by Gasteiger charge is 2.31. The van der Waals surface area contributed by atoms with Crippen LogP contribution in [0, 0.1) is 0 Å². The molecular formula is C25H34ClN5O5S. The molecule has 0 bridgehead atoms. The Bertz CT molecular complexity index is 1530. The number of sulfonamides is 1. The number of nitrogens with one attached hydrogen (secondary N) is 1. The number of aromatic nitrogens is 3. The minimum Gasteiger partial charge on any atom is -0.493 e. The number of H-pyrrole nitrogens is 1. The van der Waals surface area contributed by atoms with E-state index in [0.717, 1.165) is 4.57 Å². The lowest BCUT2D eigenvalue weighted by Gasteiger charge is -2.36. The van der Waals surface area contributed by atoms with Crippen LogP contribution in [0.2, 0.25) is 5.02 Å². The molecule has 1 N–H and O–H groups in total. The van der Waals surface area contributed by atoms with Crippen LogP contribution in [0.5, 0.6) is 5.75 Å². The van der Waals surface area contributed by atoms with E-state index in [2.05, 4.69) is 23.7 Å². The summed E-state index contributed by atoms with van der Waals surface area (Å²) in [5.41, 5.74) is 0.235. The van der Waals surface area contributed by atoms with Gasteiger partial charge in [-0.3, -0.25) is 18.8 Å². The molecule has 3 heterocycles. The molecule has 37 heavy (non-hydrogen) atoms. The van der Waals surface area contributed by atoms with E-state index < -0.39 is 21.3 Å². The second-order valence-electron chi connectivity index (χ2n) is 9.46. The third-order valence-corrected chi connectivity index (χ3v) is 9.09. The number of aryl methyl sites for hydroxylation is 1. The fourth-order valence-corrected chi connectivity index (χ4v) is 6.57. The molecule has 0 unspecified atom stereocenters. The third kappa shape index (κ3) is 4.85. The Morgan fingerprint density at radius 3 is 2.38 bits per heavy atom. The van der Waals surface area contributed by atoms with Crippen LogP contribution in [0.15, 0.2) is 32.7 Å². The minimum absolute atomic E-state index is 0.109. The topological polar surface area (TPSA) is 110 Å². The highest BCUT2D eigenvalue weighted by Crippen LogP contribution is 2.39. The first-order valence-electron chi connectivity index (χ1n) is 12.5. The van der Waals surface area contributed by atoms with Gasteiger partial charge < -0.3 is 9.72 Å². The zero-order valence-corrected chi connectivity index (χ0v) is 23.4. The normalized spacial score (nSPS) is 15.6. The maximum atomic E-state index is 13.6. The number of rotatable bonds is 8. The number of halogens is 1. The third-order valence-electron chi connectivity index (χ3n) is 6.83. The number of piperazine rings is 1. The lowest BCUT2D eigenvalue weighted by molar-refractivity contribution is 0.154. The second kappa shape index (κ2) is 10.6. The molecule has 0 atom stereocenters. The van der Waals surface area contributed by atoms with Crippen molar-refractivity contribution in [1.82, 2.24) is 23.3 Å². The molecule has 3 aromatic rings. The van der Waals surface area contributed by atoms with Crippen molar-refractivity contribution in [2.24, 2.45) is 7.05 Å². The number of fused-ring (bicyclic) bond motifs is 1. The van der Waals surface area contributed by atoms with Gasteiger partial charge in [0.25, 0.3) is 5.56 Å². The Balaban J connectivity index is 1.87. The highest BCUT2D eigenvalue weighted by molar-refractivity contribution is 7.89. The van der Waals surface area contributed by atoms with E-state index in [1.807, 2.05) is 13.8 Å². The molecular weight excluding hydrogens is 518 g/mol. The molecule has 0 spiro atoms. The number of ether oxygens (including phenoxy) is 1. The predicted octanol–water partition coefficient (Wildman–Crippen LogP) is 2.87. The molecule has 4 rings (SSSR count). The molecule has 2 aromatic heterocycles. The van der Waals surface area contributed by atoms with E-state index in [0.29, 0.717) is 74.3 Å². The largest absolute Gasteiger partial charge is 0.493 e. The van der Waals surface area contributed by atoms with Crippen molar-refractivity contribution in [2.45, 2.75) is 51.6 Å². The molecule has 0 saturated carbocycles. The number of hydrogen-bond acceptors (Lipinski definition) is 6. The molecule has 1 aliphatic heterocycles. The molecule has 1 aliphatic rings. The number of hydrogen-bond donors (Lipinski definition) is 1. The Morgan fingerprint density at radius 2 is 1.78 bits per heavy atom. The van der Waals surface area contributed by atoms with Crippen LogP contribution >= 0.6 is 11.6 Å². The summed E-state index contributed by atoms with van der Waals surface area (Å²) in [7, 11) is -2.36. The van der Waals surface area contributed by atoms with Gasteiger partial charge in [0.1, 0.15) is 11.3 Å². The van der Waals surface area contributed by atoms with Gasteiger partial charge in [0.05, 0.1) is 27.7 Å². The Hall–Kier alpha value is -2.60. The first-order valence-corrected chi connectivity index (χ1v) is 14.4. The summed E-state index contributed by atoms with van der Waals surface area (Å²) in [4.78, 5) is 31.2. The van der Waals surface area contributed by atoms with Crippen molar-refractivity contribution in [3.8, 4) is 17.0 Å². The van der Waals surface area contributed by atoms with Gasteiger partial charge in [0.15, 0.2) is 0 Å². The standard InChI is InChI=1S/C25H34ClN5O5S/c1-6-10-31-23-20(26)21(27-22(23)24(32)28(5)25(31)33)18-15-17(8-9-19(18)36-7-2)37(34,35)30-13-11-29(12-14-30)16(3)4/h8-9,15-16,27H,6-7,10-14H2,1-5H3. The van der Waals surface area contributed by atoms with E-state index in [1.165, 1.54) is 28.1 Å². The van der Waals surface area contributed by atoms with Gasteiger partial charge in [-0.25, -0.2) is 13.2 Å². The fourth-order valence-electron chi connectivity index (χ4n) is 4.78. The zero-order chi connectivity index (χ0) is 27.1. The maximum absolute atomic E-state index is 13.6. The zero-order valence-electron chi connectivity index (χ0n) is 21.9. The van der Waals surface area contributed by atoms with E-state index in [9.17, 15) is 18.0 Å². The van der Waals surface area contributed by atoms with E-state index in [-0.39, 0.29) is 15.4 Å². The molecule has 0 aliphatic carbocycles. The summed E-state index contributed by atoms with van der Waals surface area (Å²) < 4.78 is 37.0. The minimum atomic E-state index is -3.78. The van der Waals surface area contributed by atoms with E-state index in [1.54, 1.807) is 6.07 Å². The average molecular weight is 552 g/mol. The SMILES string of the molecule is CCCn1c(=O)n(C)c(=O)c2[nH]c(-c3cc(S(=O)(=O)N4CCN(C(C)C)CC4)ccc3OCC)c(Cl)c21. The summed E-state index contributed by atoms with van der Waals surface area (Å²) in [6.45, 7) is 10.8. The second-order valence-corrected chi connectivity index (χ2v) is 11.8. The van der Waals surface area contributed by atoms with Gasteiger partial charge in [-0.15, -0.1) is 0 Å². The summed E-state index contributed by atoms with van der Waals surface area (Å²) in [5, 5.41) is 0.166. The van der Waals surface area contributed by atoms with Crippen molar-refractivity contribution in [3.63, 3.8) is 0 Å². The number of nitrogens with zero attached hydrogens (tertiary/aromatic N) is 4. The van der Waals surface area contributed by atoms with Crippen LogP contribution in [0.25, 0.3) is 22.3 Å². The summed E-state index contributed by atoms with van der Waals surface area (Å²) in [6, 6.07) is 5.01. The van der Waals surface area contributed by atoms with Crippen LogP contribution in [0.1, 0.15) is 34.1 Å². The van der Waals surface area contributed by atoms with Crippen LogP contribution in [0.4, 0.5) is 0 Å². The van der Waals surface area contributed by atoms with Crippen LogP contribution in [-0.4, -0.2) is 70.6 Å². The van der Waals surface area contributed by atoms with E-state index in [4.69, 9.17) is 16.3 Å². The molecule has 10 nitrogen and oxygen atoms in total. The Labute approximate surface area is 221 Å². The molecule has 202 valence electrons. The Kier molecular flexibility index (Phi) is 7.89. The average Bonchev–Trinajstić information content (AvgIpc) is 3.22. The first-order chi connectivity index (χ1) is 17.5. The van der Waals surface area contributed by atoms with Crippen molar-refractivity contribution in [3.05, 3.63) is 44.1 Å². The van der Waals surface area contributed by atoms with Gasteiger partial charge in [0, 0.05) is 51.4 Å². The summed E-state index contributed by atoms with van der Waals surface area (Å²) in [5.74, 6) is 0.417. The van der Waals surface area contributed by atoms with Crippen molar-refractivity contribution >= 4 is 32.7 Å². The summed E-state index contributed by atoms with van der Waals surface area (Å²) in [6.07, 6.45) is 0.659. The van der Waals surface area contributed by atoms with Gasteiger partial charge in [0.2, 0.25) is 10.0 Å². The van der Waals surface area contributed by atoms with Crippen molar-refractivity contribution in [1.29, 1.82) is 0 Å². The lowest BCUT2D eigenvalue weighted by Crippen LogP contribution is -2.50.